The molecule has 2 rings (SSSR count). The van der Waals surface area contributed by atoms with Gasteiger partial charge in [0.2, 0.25) is 0 Å². The number of likely N-dealkylation sites (tertiary alicyclic amines) is 1. The minimum Gasteiger partial charge on any atom is -0.383 e. The number of aryl methyl sites for hydroxylation is 1. The summed E-state index contributed by atoms with van der Waals surface area (Å²) in [6.45, 7) is 4.76. The predicted molar refractivity (Wildman–Crippen MR) is 84.2 cm³/mol. The third-order valence-corrected chi connectivity index (χ3v) is 4.56. The summed E-state index contributed by atoms with van der Waals surface area (Å²) in [6.07, 6.45) is 3.47. The molecule has 1 fully saturated rings. The lowest BCUT2D eigenvalue weighted by Gasteiger charge is -2.33. The Labute approximate surface area is 127 Å². The van der Waals surface area contributed by atoms with Crippen molar-refractivity contribution in [3.8, 4) is 0 Å². The first-order valence-electron chi connectivity index (χ1n) is 7.38. The zero-order chi connectivity index (χ0) is 14.5. The van der Waals surface area contributed by atoms with E-state index >= 15 is 0 Å². The molecule has 1 saturated heterocycles. The predicted octanol–water partition coefficient (Wildman–Crippen LogP) is 3.15. The number of methoxy groups -OCH3 is 1. The smallest absolute Gasteiger partial charge is 0.0589 e. The maximum atomic E-state index is 6.44. The van der Waals surface area contributed by atoms with Gasteiger partial charge in [0.1, 0.15) is 0 Å². The topological polar surface area (TPSA) is 38.5 Å². The highest BCUT2D eigenvalue weighted by Gasteiger charge is 2.28. The van der Waals surface area contributed by atoms with Crippen LogP contribution in [0.1, 0.15) is 36.4 Å². The van der Waals surface area contributed by atoms with Crippen LogP contribution in [0.4, 0.5) is 0 Å². The first-order chi connectivity index (χ1) is 9.63. The fourth-order valence-electron chi connectivity index (χ4n) is 2.97. The summed E-state index contributed by atoms with van der Waals surface area (Å²) in [6, 6.07) is 6.73. The van der Waals surface area contributed by atoms with Crippen molar-refractivity contribution in [3.05, 3.63) is 34.3 Å². The fraction of sp³-hybridized carbons (Fsp3) is 0.625. The Morgan fingerprint density at radius 2 is 2.20 bits per heavy atom. The minimum absolute atomic E-state index is 0.160. The van der Waals surface area contributed by atoms with Crippen LogP contribution in [-0.2, 0) is 4.74 Å². The zero-order valence-electron chi connectivity index (χ0n) is 12.4. The van der Waals surface area contributed by atoms with E-state index in [2.05, 4.69) is 23.1 Å². The second-order valence-electron chi connectivity index (χ2n) is 5.64. The lowest BCUT2D eigenvalue weighted by atomic mass is 9.95. The normalized spacial score (nSPS) is 24.6. The molecule has 2 N–H and O–H groups in total. The first kappa shape index (κ1) is 15.8. The number of hydrogen-bond donors (Lipinski definition) is 1. The quantitative estimate of drug-likeness (QED) is 0.927. The third kappa shape index (κ3) is 3.73. The van der Waals surface area contributed by atoms with Crippen molar-refractivity contribution in [3.63, 3.8) is 0 Å². The Kier molecular flexibility index (Phi) is 5.85. The van der Waals surface area contributed by atoms with E-state index in [1.165, 1.54) is 18.4 Å². The first-order valence-corrected chi connectivity index (χ1v) is 7.76. The lowest BCUT2D eigenvalue weighted by molar-refractivity contribution is 0.115. The number of ether oxygens (including phenoxy) is 1. The average molecular weight is 297 g/mol. The van der Waals surface area contributed by atoms with E-state index in [9.17, 15) is 0 Å². The van der Waals surface area contributed by atoms with Crippen molar-refractivity contribution in [2.24, 2.45) is 5.73 Å². The van der Waals surface area contributed by atoms with E-state index in [4.69, 9.17) is 22.1 Å². The van der Waals surface area contributed by atoms with Crippen LogP contribution in [0.15, 0.2) is 18.2 Å². The summed E-state index contributed by atoms with van der Waals surface area (Å²) in [4.78, 5) is 2.45. The van der Waals surface area contributed by atoms with Gasteiger partial charge in [-0.15, -0.1) is 0 Å². The maximum absolute atomic E-state index is 6.44. The van der Waals surface area contributed by atoms with Gasteiger partial charge in [-0.2, -0.15) is 0 Å². The number of nitrogens with two attached hydrogens (primary N) is 1. The molecule has 1 aliphatic rings. The molecule has 0 radical (unpaired) electrons. The zero-order valence-corrected chi connectivity index (χ0v) is 13.2. The molecular weight excluding hydrogens is 272 g/mol. The molecule has 1 aliphatic heterocycles. The summed E-state index contributed by atoms with van der Waals surface area (Å²) in [5.41, 5.74) is 8.78. The van der Waals surface area contributed by atoms with Crippen LogP contribution in [0.5, 0.6) is 0 Å². The molecule has 20 heavy (non-hydrogen) atoms. The van der Waals surface area contributed by atoms with Gasteiger partial charge in [-0.25, -0.2) is 0 Å². The largest absolute Gasteiger partial charge is 0.383 e. The average Bonchev–Trinajstić information content (AvgIpc) is 2.61. The van der Waals surface area contributed by atoms with Crippen molar-refractivity contribution in [1.29, 1.82) is 0 Å². The molecule has 1 aromatic carbocycles. The molecule has 4 heteroatoms. The standard InChI is InChI=1S/C16H25ClN2O/c1-12-6-7-13(11-14(12)17)16-15(18)5-3-4-8-19(16)9-10-20-2/h6-7,11,15-16H,3-5,8-10,18H2,1-2H3. The van der Waals surface area contributed by atoms with Crippen LogP contribution in [-0.4, -0.2) is 37.7 Å². The molecule has 2 unspecified atom stereocenters. The van der Waals surface area contributed by atoms with E-state index in [-0.39, 0.29) is 12.1 Å². The van der Waals surface area contributed by atoms with Gasteiger partial charge >= 0.3 is 0 Å². The fourth-order valence-corrected chi connectivity index (χ4v) is 3.16. The highest BCUT2D eigenvalue weighted by Crippen LogP contribution is 2.31. The van der Waals surface area contributed by atoms with Crippen molar-refractivity contribution in [2.45, 2.75) is 38.3 Å². The second kappa shape index (κ2) is 7.41. The van der Waals surface area contributed by atoms with Gasteiger partial charge in [0.05, 0.1) is 12.6 Å². The van der Waals surface area contributed by atoms with Gasteiger partial charge in [-0.3, -0.25) is 4.90 Å². The van der Waals surface area contributed by atoms with Crippen LogP contribution < -0.4 is 5.73 Å². The van der Waals surface area contributed by atoms with Crippen LogP contribution >= 0.6 is 11.6 Å². The Hall–Kier alpha value is -0.610. The highest BCUT2D eigenvalue weighted by atomic mass is 35.5. The number of rotatable bonds is 4. The molecule has 1 aromatic rings. The summed E-state index contributed by atoms with van der Waals surface area (Å²) >= 11 is 6.29. The number of hydrogen-bond acceptors (Lipinski definition) is 3. The van der Waals surface area contributed by atoms with Crippen LogP contribution in [0, 0.1) is 6.92 Å². The summed E-state index contributed by atoms with van der Waals surface area (Å²) < 4.78 is 5.24. The van der Waals surface area contributed by atoms with E-state index in [0.717, 1.165) is 36.7 Å². The summed E-state index contributed by atoms with van der Waals surface area (Å²) in [5.74, 6) is 0. The van der Waals surface area contributed by atoms with Gasteiger partial charge in [0.25, 0.3) is 0 Å². The molecule has 0 amide bonds. The number of benzene rings is 1. The number of halogens is 1. The van der Waals surface area contributed by atoms with Gasteiger partial charge in [-0.1, -0.05) is 30.2 Å². The molecule has 0 saturated carbocycles. The minimum atomic E-state index is 0.160. The maximum Gasteiger partial charge on any atom is 0.0589 e. The van der Waals surface area contributed by atoms with Crippen LogP contribution in [0.2, 0.25) is 5.02 Å². The Balaban J connectivity index is 2.26. The molecule has 0 spiro atoms. The van der Waals surface area contributed by atoms with Crippen molar-refractivity contribution < 1.29 is 4.74 Å². The van der Waals surface area contributed by atoms with E-state index in [0.29, 0.717) is 0 Å². The molecule has 3 nitrogen and oxygen atoms in total. The van der Waals surface area contributed by atoms with E-state index < -0.39 is 0 Å². The molecule has 112 valence electrons. The van der Waals surface area contributed by atoms with Gasteiger partial charge in [0, 0.05) is 24.7 Å². The number of nitrogens with zero attached hydrogens (tertiary/aromatic N) is 1. The lowest BCUT2D eigenvalue weighted by Crippen LogP contribution is -2.41. The van der Waals surface area contributed by atoms with Gasteiger partial charge in [-0.05, 0) is 43.5 Å². The highest BCUT2D eigenvalue weighted by molar-refractivity contribution is 6.31. The van der Waals surface area contributed by atoms with Gasteiger partial charge in [0.15, 0.2) is 0 Å². The van der Waals surface area contributed by atoms with E-state index in [1.807, 2.05) is 6.92 Å². The van der Waals surface area contributed by atoms with Crippen molar-refractivity contribution in [2.75, 3.05) is 26.8 Å². The SMILES string of the molecule is COCCN1CCCCC(N)C1c1ccc(C)c(Cl)c1. The molecule has 0 bridgehead atoms. The van der Waals surface area contributed by atoms with Crippen LogP contribution in [0.25, 0.3) is 0 Å². The Morgan fingerprint density at radius 1 is 1.40 bits per heavy atom. The third-order valence-electron chi connectivity index (χ3n) is 4.15. The van der Waals surface area contributed by atoms with E-state index in [1.54, 1.807) is 7.11 Å². The summed E-state index contributed by atoms with van der Waals surface area (Å²) in [7, 11) is 1.75. The Bertz CT molecular complexity index is 438. The summed E-state index contributed by atoms with van der Waals surface area (Å²) in [5, 5.41) is 0.825. The molecule has 0 aliphatic carbocycles. The van der Waals surface area contributed by atoms with Crippen LogP contribution in [0.3, 0.4) is 0 Å². The molecular formula is C16H25ClN2O. The molecule has 2 atom stereocenters. The Morgan fingerprint density at radius 3 is 2.90 bits per heavy atom. The van der Waals surface area contributed by atoms with Crippen molar-refractivity contribution in [1.82, 2.24) is 4.90 Å². The van der Waals surface area contributed by atoms with Crippen molar-refractivity contribution >= 4 is 11.6 Å². The molecule has 1 heterocycles. The van der Waals surface area contributed by atoms with Gasteiger partial charge < -0.3 is 10.5 Å². The molecule has 0 aromatic heterocycles. The second-order valence-corrected chi connectivity index (χ2v) is 6.05. The monoisotopic (exact) mass is 296 g/mol.